The second-order valence-corrected chi connectivity index (χ2v) is 9.15. The van der Waals surface area contributed by atoms with Crippen molar-refractivity contribution in [2.75, 3.05) is 36.4 Å². The molecule has 4 aromatic rings. The van der Waals surface area contributed by atoms with Gasteiger partial charge in [-0.1, -0.05) is 66.2 Å². The number of hydrogen-bond acceptors (Lipinski definition) is 3. The van der Waals surface area contributed by atoms with Crippen molar-refractivity contribution < 1.29 is 9.59 Å². The number of benzene rings is 4. The Kier molecular flexibility index (Phi) is 6.43. The SMILES string of the molecule is Cc1ccccc1C(=O)N1CCN(c2ccc(NC(=O)c3cccc4ccccc34)cc2Cl)CC1. The minimum atomic E-state index is -0.172. The Morgan fingerprint density at radius 1 is 0.800 bits per heavy atom. The minimum absolute atomic E-state index is 0.0698. The quantitative estimate of drug-likeness (QED) is 0.386. The highest BCUT2D eigenvalue weighted by molar-refractivity contribution is 6.33. The third-order valence-corrected chi connectivity index (χ3v) is 6.83. The number of carbonyl (C=O) groups excluding carboxylic acids is 2. The molecular formula is C29H26ClN3O2. The second-order valence-electron chi connectivity index (χ2n) is 8.74. The third-order valence-electron chi connectivity index (χ3n) is 6.52. The molecule has 0 aromatic heterocycles. The maximum absolute atomic E-state index is 13.0. The lowest BCUT2D eigenvalue weighted by Gasteiger charge is -2.36. The van der Waals surface area contributed by atoms with Crippen molar-refractivity contribution >= 4 is 45.6 Å². The molecule has 35 heavy (non-hydrogen) atoms. The summed E-state index contributed by atoms with van der Waals surface area (Å²) in [4.78, 5) is 30.0. The molecule has 1 fully saturated rings. The lowest BCUT2D eigenvalue weighted by molar-refractivity contribution is 0.0746. The van der Waals surface area contributed by atoms with Crippen molar-refractivity contribution in [1.82, 2.24) is 4.90 Å². The van der Waals surface area contributed by atoms with Crippen molar-refractivity contribution in [2.45, 2.75) is 6.92 Å². The van der Waals surface area contributed by atoms with Gasteiger partial charge in [-0.25, -0.2) is 0 Å². The van der Waals surface area contributed by atoms with Gasteiger partial charge in [-0.2, -0.15) is 0 Å². The van der Waals surface area contributed by atoms with Gasteiger partial charge in [0, 0.05) is 43.0 Å². The highest BCUT2D eigenvalue weighted by Gasteiger charge is 2.24. The normalized spacial score (nSPS) is 13.7. The van der Waals surface area contributed by atoms with E-state index in [0.717, 1.165) is 27.6 Å². The Morgan fingerprint density at radius 3 is 2.26 bits per heavy atom. The summed E-state index contributed by atoms with van der Waals surface area (Å²) in [6.07, 6.45) is 0. The number of piperazine rings is 1. The minimum Gasteiger partial charge on any atom is -0.367 e. The summed E-state index contributed by atoms with van der Waals surface area (Å²) in [6.45, 7) is 4.61. The molecule has 1 aliphatic rings. The van der Waals surface area contributed by atoms with E-state index in [9.17, 15) is 9.59 Å². The molecule has 0 atom stereocenters. The van der Waals surface area contributed by atoms with Crippen LogP contribution in [0.15, 0.2) is 84.9 Å². The van der Waals surface area contributed by atoms with Gasteiger partial charge in [-0.05, 0) is 53.6 Å². The van der Waals surface area contributed by atoms with Gasteiger partial charge in [-0.3, -0.25) is 9.59 Å². The number of rotatable bonds is 4. The van der Waals surface area contributed by atoms with Crippen LogP contribution in [0.5, 0.6) is 0 Å². The van der Waals surface area contributed by atoms with Crippen LogP contribution in [0.25, 0.3) is 10.8 Å². The molecule has 5 rings (SSSR count). The molecule has 6 heteroatoms. The van der Waals surface area contributed by atoms with E-state index < -0.39 is 0 Å². The van der Waals surface area contributed by atoms with Crippen LogP contribution in [-0.4, -0.2) is 42.9 Å². The van der Waals surface area contributed by atoms with Crippen molar-refractivity contribution in [1.29, 1.82) is 0 Å². The molecule has 176 valence electrons. The highest BCUT2D eigenvalue weighted by Crippen LogP contribution is 2.30. The maximum Gasteiger partial charge on any atom is 0.256 e. The Labute approximate surface area is 209 Å². The fraction of sp³-hybridized carbons (Fsp3) is 0.172. The summed E-state index contributed by atoms with van der Waals surface area (Å²) >= 11 is 6.63. The monoisotopic (exact) mass is 483 g/mol. The molecule has 1 heterocycles. The molecule has 4 aromatic carbocycles. The van der Waals surface area contributed by atoms with Crippen LogP contribution >= 0.6 is 11.6 Å². The molecular weight excluding hydrogens is 458 g/mol. The molecule has 2 amide bonds. The van der Waals surface area contributed by atoms with E-state index in [4.69, 9.17) is 11.6 Å². The van der Waals surface area contributed by atoms with Crippen LogP contribution < -0.4 is 10.2 Å². The molecule has 0 radical (unpaired) electrons. The summed E-state index contributed by atoms with van der Waals surface area (Å²) in [6, 6.07) is 26.8. The van der Waals surface area contributed by atoms with Gasteiger partial charge in [0.25, 0.3) is 11.8 Å². The van der Waals surface area contributed by atoms with Crippen LogP contribution in [0.2, 0.25) is 5.02 Å². The van der Waals surface area contributed by atoms with Crippen molar-refractivity contribution in [2.24, 2.45) is 0 Å². The number of hydrogen-bond donors (Lipinski definition) is 1. The zero-order chi connectivity index (χ0) is 24.4. The Bertz CT molecular complexity index is 1400. The lowest BCUT2D eigenvalue weighted by Crippen LogP contribution is -2.49. The predicted octanol–water partition coefficient (Wildman–Crippen LogP) is 6.02. The molecule has 1 aliphatic heterocycles. The molecule has 1 saturated heterocycles. The van der Waals surface area contributed by atoms with Crippen molar-refractivity contribution in [3.05, 3.63) is 107 Å². The van der Waals surface area contributed by atoms with Gasteiger partial charge in [0.15, 0.2) is 0 Å². The molecule has 0 aliphatic carbocycles. The molecule has 0 unspecified atom stereocenters. The van der Waals surface area contributed by atoms with Gasteiger partial charge in [-0.15, -0.1) is 0 Å². The summed E-state index contributed by atoms with van der Waals surface area (Å²) in [5.41, 5.74) is 3.91. The maximum atomic E-state index is 13.0. The van der Waals surface area contributed by atoms with Crippen LogP contribution in [0.1, 0.15) is 26.3 Å². The molecule has 5 nitrogen and oxygen atoms in total. The number of anilines is 2. The average molecular weight is 484 g/mol. The molecule has 0 saturated carbocycles. The van der Waals surface area contributed by atoms with Crippen molar-refractivity contribution in [3.8, 4) is 0 Å². The zero-order valence-corrected chi connectivity index (χ0v) is 20.3. The Hall–Kier alpha value is -3.83. The first-order valence-corrected chi connectivity index (χ1v) is 12.1. The molecule has 1 N–H and O–H groups in total. The fourth-order valence-corrected chi connectivity index (χ4v) is 4.90. The third kappa shape index (κ3) is 4.73. The first-order valence-electron chi connectivity index (χ1n) is 11.7. The molecule has 0 spiro atoms. The van der Waals surface area contributed by atoms with Crippen LogP contribution in [0.3, 0.4) is 0 Å². The standard InChI is InChI=1S/C29H26ClN3O2/c1-20-7-2-4-10-23(20)29(35)33-17-15-32(16-18-33)27-14-13-22(19-26(27)30)31-28(34)25-12-6-9-21-8-3-5-11-24(21)25/h2-14,19H,15-18H2,1H3,(H,31,34). The van der Waals surface area contributed by atoms with E-state index in [1.54, 1.807) is 6.07 Å². The Balaban J connectivity index is 1.25. The van der Waals surface area contributed by atoms with E-state index in [1.165, 1.54) is 0 Å². The smallest absolute Gasteiger partial charge is 0.256 e. The van der Waals surface area contributed by atoms with E-state index in [-0.39, 0.29) is 11.8 Å². The Morgan fingerprint density at radius 2 is 1.49 bits per heavy atom. The summed E-state index contributed by atoms with van der Waals surface area (Å²) in [5, 5.41) is 5.47. The first kappa shape index (κ1) is 22.9. The van der Waals surface area contributed by atoms with Crippen LogP contribution in [0, 0.1) is 6.92 Å². The van der Waals surface area contributed by atoms with E-state index in [0.29, 0.717) is 42.5 Å². The predicted molar refractivity (Wildman–Crippen MR) is 143 cm³/mol. The highest BCUT2D eigenvalue weighted by atomic mass is 35.5. The van der Waals surface area contributed by atoms with E-state index in [1.807, 2.05) is 90.7 Å². The molecule has 0 bridgehead atoms. The fourth-order valence-electron chi connectivity index (χ4n) is 4.60. The largest absolute Gasteiger partial charge is 0.367 e. The van der Waals surface area contributed by atoms with Gasteiger partial charge < -0.3 is 15.1 Å². The zero-order valence-electron chi connectivity index (χ0n) is 19.5. The van der Waals surface area contributed by atoms with Gasteiger partial charge in [0.1, 0.15) is 0 Å². The number of nitrogens with one attached hydrogen (secondary N) is 1. The van der Waals surface area contributed by atoms with E-state index >= 15 is 0 Å². The second kappa shape index (κ2) is 9.80. The van der Waals surface area contributed by atoms with E-state index in [2.05, 4.69) is 10.2 Å². The van der Waals surface area contributed by atoms with Crippen LogP contribution in [0.4, 0.5) is 11.4 Å². The summed E-state index contributed by atoms with van der Waals surface area (Å²) < 4.78 is 0. The number of nitrogens with zero attached hydrogens (tertiary/aromatic N) is 2. The van der Waals surface area contributed by atoms with Gasteiger partial charge in [0.05, 0.1) is 10.7 Å². The number of aryl methyl sites for hydroxylation is 1. The lowest BCUT2D eigenvalue weighted by atomic mass is 10.0. The van der Waals surface area contributed by atoms with Crippen molar-refractivity contribution in [3.63, 3.8) is 0 Å². The van der Waals surface area contributed by atoms with Gasteiger partial charge >= 0.3 is 0 Å². The number of fused-ring (bicyclic) bond motifs is 1. The van der Waals surface area contributed by atoms with Crippen LogP contribution in [-0.2, 0) is 0 Å². The number of halogens is 1. The summed E-state index contributed by atoms with van der Waals surface area (Å²) in [5.74, 6) is -0.103. The number of carbonyl (C=O) groups is 2. The van der Waals surface area contributed by atoms with Gasteiger partial charge in [0.2, 0.25) is 0 Å². The topological polar surface area (TPSA) is 52.7 Å². The summed E-state index contributed by atoms with van der Waals surface area (Å²) in [7, 11) is 0. The number of amides is 2. The average Bonchev–Trinajstić information content (AvgIpc) is 2.88. The first-order chi connectivity index (χ1) is 17.0.